The Hall–Kier alpha value is -1.40. The zero-order valence-electron chi connectivity index (χ0n) is 14.2. The van der Waals surface area contributed by atoms with Crippen molar-refractivity contribution in [2.24, 2.45) is 13.0 Å². The minimum Gasteiger partial charge on any atom is -0.385 e. The van der Waals surface area contributed by atoms with Gasteiger partial charge in [-0.05, 0) is 38.0 Å². The number of piperidine rings is 1. The van der Waals surface area contributed by atoms with Crippen LogP contribution in [0.15, 0.2) is 12.5 Å². The van der Waals surface area contributed by atoms with Crippen LogP contribution in [0.4, 0.5) is 0 Å². The van der Waals surface area contributed by atoms with E-state index < -0.39 is 0 Å². The van der Waals surface area contributed by atoms with E-state index >= 15 is 0 Å². The molecule has 2 fully saturated rings. The lowest BCUT2D eigenvalue weighted by atomic mass is 9.78. The van der Waals surface area contributed by atoms with Gasteiger partial charge in [0.15, 0.2) is 0 Å². The van der Waals surface area contributed by atoms with Gasteiger partial charge in [-0.15, -0.1) is 0 Å². The normalized spacial score (nSPS) is 24.1. The molecule has 1 atom stereocenters. The van der Waals surface area contributed by atoms with Crippen molar-refractivity contribution in [3.63, 3.8) is 0 Å². The highest BCUT2D eigenvalue weighted by Gasteiger charge is 2.41. The highest BCUT2D eigenvalue weighted by atomic mass is 16.5. The lowest BCUT2D eigenvalue weighted by Gasteiger charge is -2.46. The van der Waals surface area contributed by atoms with Crippen LogP contribution in [-0.2, 0) is 16.5 Å². The van der Waals surface area contributed by atoms with Crippen molar-refractivity contribution >= 4 is 5.91 Å². The third-order valence-corrected chi connectivity index (χ3v) is 5.21. The molecule has 0 bridgehead atoms. The number of carbonyl (C=O) groups is 1. The van der Waals surface area contributed by atoms with Gasteiger partial charge < -0.3 is 18.9 Å². The number of aryl methyl sites for hydroxylation is 1. The summed E-state index contributed by atoms with van der Waals surface area (Å²) in [5.41, 5.74) is 0.503. The molecule has 1 unspecified atom stereocenters. The van der Waals surface area contributed by atoms with Gasteiger partial charge in [0.2, 0.25) is 0 Å². The molecule has 6 heteroatoms. The average Bonchev–Trinajstić information content (AvgIpc) is 3.00. The van der Waals surface area contributed by atoms with Crippen LogP contribution in [0.3, 0.4) is 0 Å². The van der Waals surface area contributed by atoms with Gasteiger partial charge in [0.25, 0.3) is 5.91 Å². The van der Waals surface area contributed by atoms with Crippen LogP contribution < -0.4 is 0 Å². The summed E-state index contributed by atoms with van der Waals surface area (Å²) in [6.07, 6.45) is 8.64. The van der Waals surface area contributed by atoms with Crippen molar-refractivity contribution in [2.45, 2.75) is 37.7 Å². The maximum absolute atomic E-state index is 12.5. The molecule has 2 aliphatic heterocycles. The van der Waals surface area contributed by atoms with E-state index in [0.717, 1.165) is 58.4 Å². The van der Waals surface area contributed by atoms with Gasteiger partial charge in [0, 0.05) is 46.7 Å². The molecule has 128 valence electrons. The van der Waals surface area contributed by atoms with Gasteiger partial charge in [0.05, 0.1) is 11.9 Å². The van der Waals surface area contributed by atoms with E-state index in [9.17, 15) is 4.79 Å². The summed E-state index contributed by atoms with van der Waals surface area (Å²) < 4.78 is 13.2. The Morgan fingerprint density at radius 1 is 1.48 bits per heavy atom. The van der Waals surface area contributed by atoms with Crippen molar-refractivity contribution in [2.75, 3.05) is 33.4 Å². The highest BCUT2D eigenvalue weighted by molar-refractivity contribution is 5.92. The molecule has 3 rings (SSSR count). The zero-order chi connectivity index (χ0) is 16.3. The lowest BCUT2D eigenvalue weighted by Crippen LogP contribution is -2.51. The van der Waals surface area contributed by atoms with Crippen molar-refractivity contribution in [3.8, 4) is 0 Å². The van der Waals surface area contributed by atoms with E-state index in [2.05, 4.69) is 4.98 Å². The third-order valence-electron chi connectivity index (χ3n) is 5.21. The predicted octanol–water partition coefficient (Wildman–Crippen LogP) is 1.86. The van der Waals surface area contributed by atoms with Crippen LogP contribution in [-0.4, -0.2) is 59.4 Å². The fourth-order valence-electron chi connectivity index (χ4n) is 3.81. The molecular formula is C17H27N3O3. The number of nitrogens with zero attached hydrogens (tertiary/aromatic N) is 3. The van der Waals surface area contributed by atoms with Gasteiger partial charge in [-0.25, -0.2) is 4.98 Å². The summed E-state index contributed by atoms with van der Waals surface area (Å²) in [6, 6.07) is 0. The number of ether oxygens (including phenoxy) is 2. The molecule has 23 heavy (non-hydrogen) atoms. The first-order valence-electron chi connectivity index (χ1n) is 8.52. The maximum atomic E-state index is 12.5. The topological polar surface area (TPSA) is 56.6 Å². The first-order chi connectivity index (χ1) is 11.1. The molecule has 6 nitrogen and oxygen atoms in total. The Morgan fingerprint density at radius 2 is 2.26 bits per heavy atom. The predicted molar refractivity (Wildman–Crippen MR) is 86.2 cm³/mol. The van der Waals surface area contributed by atoms with Crippen molar-refractivity contribution in [1.29, 1.82) is 0 Å². The summed E-state index contributed by atoms with van der Waals surface area (Å²) >= 11 is 0. The van der Waals surface area contributed by atoms with Gasteiger partial charge in [-0.3, -0.25) is 4.79 Å². The fraction of sp³-hybridized carbons (Fsp3) is 0.765. The van der Waals surface area contributed by atoms with Crippen LogP contribution in [0, 0.1) is 5.92 Å². The van der Waals surface area contributed by atoms with Crippen molar-refractivity contribution < 1.29 is 14.3 Å². The van der Waals surface area contributed by atoms with Crippen LogP contribution in [0.25, 0.3) is 0 Å². The first kappa shape index (κ1) is 16.5. The molecule has 0 saturated carbocycles. The Morgan fingerprint density at radius 3 is 2.91 bits per heavy atom. The summed E-state index contributed by atoms with van der Waals surface area (Å²) in [5, 5.41) is 0. The molecule has 1 aromatic heterocycles. The number of rotatable bonds is 4. The summed E-state index contributed by atoms with van der Waals surface area (Å²) in [7, 11) is 3.64. The SMILES string of the molecule is COCCC1CCOC2(CCN(C(=O)c3cn(C)cn3)CC2)C1. The summed E-state index contributed by atoms with van der Waals surface area (Å²) in [6.45, 7) is 3.17. The van der Waals surface area contributed by atoms with E-state index in [1.54, 1.807) is 19.6 Å². The Bertz CT molecular complexity index is 535. The number of amides is 1. The van der Waals surface area contributed by atoms with Crippen LogP contribution in [0.1, 0.15) is 42.6 Å². The van der Waals surface area contributed by atoms with Gasteiger partial charge in [-0.2, -0.15) is 0 Å². The third kappa shape index (κ3) is 3.75. The number of hydrogen-bond acceptors (Lipinski definition) is 4. The Kier molecular flexibility index (Phi) is 5.02. The Labute approximate surface area is 137 Å². The number of imidazole rings is 1. The maximum Gasteiger partial charge on any atom is 0.274 e. The second-order valence-electron chi connectivity index (χ2n) is 6.89. The quantitative estimate of drug-likeness (QED) is 0.849. The molecular weight excluding hydrogens is 294 g/mol. The molecule has 2 aliphatic rings. The summed E-state index contributed by atoms with van der Waals surface area (Å²) in [5.74, 6) is 0.717. The molecule has 0 aromatic carbocycles. The van der Waals surface area contributed by atoms with Gasteiger partial charge in [-0.1, -0.05) is 0 Å². The molecule has 0 aliphatic carbocycles. The molecule has 3 heterocycles. The largest absolute Gasteiger partial charge is 0.385 e. The van der Waals surface area contributed by atoms with Crippen molar-refractivity contribution in [3.05, 3.63) is 18.2 Å². The monoisotopic (exact) mass is 321 g/mol. The van der Waals surface area contributed by atoms with Crippen LogP contribution >= 0.6 is 0 Å². The smallest absolute Gasteiger partial charge is 0.274 e. The zero-order valence-corrected chi connectivity index (χ0v) is 14.2. The minimum absolute atomic E-state index is 0.0302. The molecule has 2 saturated heterocycles. The van der Waals surface area contributed by atoms with E-state index in [0.29, 0.717) is 11.6 Å². The number of methoxy groups -OCH3 is 1. The molecule has 1 amide bonds. The number of carbonyl (C=O) groups excluding carboxylic acids is 1. The number of aromatic nitrogens is 2. The van der Waals surface area contributed by atoms with E-state index in [-0.39, 0.29) is 11.5 Å². The first-order valence-corrected chi connectivity index (χ1v) is 8.52. The van der Waals surface area contributed by atoms with E-state index in [1.807, 2.05) is 16.5 Å². The number of hydrogen-bond donors (Lipinski definition) is 0. The average molecular weight is 321 g/mol. The van der Waals surface area contributed by atoms with Crippen molar-refractivity contribution in [1.82, 2.24) is 14.5 Å². The molecule has 1 spiro atoms. The van der Waals surface area contributed by atoms with Crippen LogP contribution in [0.2, 0.25) is 0 Å². The van der Waals surface area contributed by atoms with E-state index in [1.165, 1.54) is 0 Å². The minimum atomic E-state index is -0.0302. The van der Waals surface area contributed by atoms with E-state index in [4.69, 9.17) is 9.47 Å². The fourth-order valence-corrected chi connectivity index (χ4v) is 3.81. The number of likely N-dealkylation sites (tertiary alicyclic amines) is 1. The molecule has 0 radical (unpaired) electrons. The van der Waals surface area contributed by atoms with Gasteiger partial charge in [0.1, 0.15) is 5.69 Å². The standard InChI is InChI=1S/C17H27N3O3/c1-19-12-15(18-13-19)16(21)20-7-5-17(6-8-20)11-14(3-9-22-2)4-10-23-17/h12-14H,3-11H2,1-2H3. The summed E-state index contributed by atoms with van der Waals surface area (Å²) in [4.78, 5) is 18.6. The molecule has 1 aromatic rings. The second kappa shape index (κ2) is 7.01. The highest BCUT2D eigenvalue weighted by Crippen LogP contribution is 2.38. The Balaban J connectivity index is 1.56. The second-order valence-corrected chi connectivity index (χ2v) is 6.89. The lowest BCUT2D eigenvalue weighted by molar-refractivity contribution is -0.125. The van der Waals surface area contributed by atoms with Gasteiger partial charge >= 0.3 is 0 Å². The van der Waals surface area contributed by atoms with Crippen LogP contribution in [0.5, 0.6) is 0 Å². The molecule has 0 N–H and O–H groups in total.